The SMILES string of the molecule is CCN1CCN(c2ccc(CNC3CC3)cn2)CC1C. The first-order chi connectivity index (χ1) is 9.76. The van der Waals surface area contributed by atoms with Crippen LogP contribution in [-0.2, 0) is 6.54 Å². The van der Waals surface area contributed by atoms with E-state index < -0.39 is 0 Å². The summed E-state index contributed by atoms with van der Waals surface area (Å²) in [6.45, 7) is 9.97. The minimum Gasteiger partial charge on any atom is -0.354 e. The van der Waals surface area contributed by atoms with E-state index in [-0.39, 0.29) is 0 Å². The fourth-order valence-corrected chi connectivity index (χ4v) is 2.93. The zero-order valence-electron chi connectivity index (χ0n) is 12.7. The second-order valence-corrected chi connectivity index (χ2v) is 6.10. The van der Waals surface area contributed by atoms with Gasteiger partial charge in [0, 0.05) is 44.5 Å². The largest absolute Gasteiger partial charge is 0.354 e. The Morgan fingerprint density at radius 3 is 2.75 bits per heavy atom. The van der Waals surface area contributed by atoms with Gasteiger partial charge in [0.05, 0.1) is 0 Å². The molecule has 1 unspecified atom stereocenters. The van der Waals surface area contributed by atoms with Crippen LogP contribution in [0.2, 0.25) is 0 Å². The van der Waals surface area contributed by atoms with E-state index in [1.807, 2.05) is 6.20 Å². The molecule has 1 atom stereocenters. The maximum atomic E-state index is 4.65. The van der Waals surface area contributed by atoms with Crippen molar-refractivity contribution in [1.29, 1.82) is 0 Å². The highest BCUT2D eigenvalue weighted by molar-refractivity contribution is 5.40. The second kappa shape index (κ2) is 6.10. The molecule has 1 saturated heterocycles. The van der Waals surface area contributed by atoms with Crippen LogP contribution in [0.3, 0.4) is 0 Å². The van der Waals surface area contributed by atoms with Gasteiger partial charge in [-0.1, -0.05) is 13.0 Å². The molecule has 0 amide bonds. The topological polar surface area (TPSA) is 31.4 Å². The molecule has 0 bridgehead atoms. The van der Waals surface area contributed by atoms with Gasteiger partial charge in [0.25, 0.3) is 0 Å². The number of nitrogens with zero attached hydrogens (tertiary/aromatic N) is 3. The molecule has 1 saturated carbocycles. The van der Waals surface area contributed by atoms with E-state index in [4.69, 9.17) is 0 Å². The number of likely N-dealkylation sites (N-methyl/N-ethyl adjacent to an activating group) is 1. The van der Waals surface area contributed by atoms with Crippen molar-refractivity contribution >= 4 is 5.82 Å². The third kappa shape index (κ3) is 3.30. The van der Waals surface area contributed by atoms with Gasteiger partial charge in [0.1, 0.15) is 5.82 Å². The number of anilines is 1. The van der Waals surface area contributed by atoms with Crippen molar-refractivity contribution in [2.45, 2.75) is 45.3 Å². The van der Waals surface area contributed by atoms with Crippen molar-refractivity contribution in [2.24, 2.45) is 0 Å². The molecule has 1 aliphatic carbocycles. The van der Waals surface area contributed by atoms with Crippen LogP contribution in [0.25, 0.3) is 0 Å². The normalized spacial score (nSPS) is 24.1. The van der Waals surface area contributed by atoms with E-state index in [0.29, 0.717) is 6.04 Å². The van der Waals surface area contributed by atoms with Crippen LogP contribution in [0.1, 0.15) is 32.3 Å². The molecule has 4 nitrogen and oxygen atoms in total. The van der Waals surface area contributed by atoms with Gasteiger partial charge < -0.3 is 10.2 Å². The molecule has 0 spiro atoms. The molecule has 1 aromatic rings. The van der Waals surface area contributed by atoms with Crippen molar-refractivity contribution in [3.05, 3.63) is 23.9 Å². The maximum absolute atomic E-state index is 4.65. The van der Waals surface area contributed by atoms with E-state index in [0.717, 1.165) is 44.6 Å². The summed E-state index contributed by atoms with van der Waals surface area (Å²) in [5.74, 6) is 1.13. The summed E-state index contributed by atoms with van der Waals surface area (Å²) in [5, 5.41) is 3.53. The Hall–Kier alpha value is -1.13. The summed E-state index contributed by atoms with van der Waals surface area (Å²) >= 11 is 0. The van der Waals surface area contributed by atoms with E-state index in [2.05, 4.69) is 46.1 Å². The van der Waals surface area contributed by atoms with Gasteiger partial charge in [-0.3, -0.25) is 4.90 Å². The quantitative estimate of drug-likeness (QED) is 0.888. The zero-order chi connectivity index (χ0) is 13.9. The van der Waals surface area contributed by atoms with Gasteiger partial charge in [-0.15, -0.1) is 0 Å². The standard InChI is InChI=1S/C16H26N4/c1-3-19-8-9-20(12-13(19)2)16-7-4-14(11-18-16)10-17-15-5-6-15/h4,7,11,13,15,17H,3,5-6,8-10,12H2,1-2H3. The van der Waals surface area contributed by atoms with Crippen molar-refractivity contribution in [3.8, 4) is 0 Å². The molecule has 1 aliphatic heterocycles. The number of pyridine rings is 1. The fraction of sp³-hybridized carbons (Fsp3) is 0.688. The van der Waals surface area contributed by atoms with E-state index >= 15 is 0 Å². The first kappa shape index (κ1) is 13.8. The summed E-state index contributed by atoms with van der Waals surface area (Å²) in [6.07, 6.45) is 4.71. The molecule has 2 fully saturated rings. The number of nitrogens with one attached hydrogen (secondary N) is 1. The Labute approximate surface area is 122 Å². The van der Waals surface area contributed by atoms with Crippen LogP contribution in [0, 0.1) is 0 Å². The Morgan fingerprint density at radius 1 is 1.30 bits per heavy atom. The predicted octanol–water partition coefficient (Wildman–Crippen LogP) is 1.86. The van der Waals surface area contributed by atoms with Gasteiger partial charge in [-0.05, 0) is 37.9 Å². The number of aromatic nitrogens is 1. The smallest absolute Gasteiger partial charge is 0.128 e. The lowest BCUT2D eigenvalue weighted by Gasteiger charge is -2.39. The molecule has 3 rings (SSSR count). The molecule has 110 valence electrons. The average molecular weight is 274 g/mol. The molecule has 2 aliphatic rings. The Morgan fingerprint density at radius 2 is 2.15 bits per heavy atom. The minimum absolute atomic E-state index is 0.617. The molecule has 0 aromatic carbocycles. The van der Waals surface area contributed by atoms with E-state index in [1.165, 1.54) is 18.4 Å². The van der Waals surface area contributed by atoms with Crippen LogP contribution in [0.5, 0.6) is 0 Å². The van der Waals surface area contributed by atoms with Crippen LogP contribution >= 0.6 is 0 Å². The summed E-state index contributed by atoms with van der Waals surface area (Å²) in [4.78, 5) is 9.60. The van der Waals surface area contributed by atoms with E-state index in [1.54, 1.807) is 0 Å². The number of hydrogen-bond acceptors (Lipinski definition) is 4. The fourth-order valence-electron chi connectivity index (χ4n) is 2.93. The monoisotopic (exact) mass is 274 g/mol. The summed E-state index contributed by atoms with van der Waals surface area (Å²) in [6, 6.07) is 5.77. The molecular weight excluding hydrogens is 248 g/mol. The lowest BCUT2D eigenvalue weighted by atomic mass is 10.2. The van der Waals surface area contributed by atoms with Crippen molar-refractivity contribution in [3.63, 3.8) is 0 Å². The third-order valence-electron chi connectivity index (χ3n) is 4.48. The molecule has 4 heteroatoms. The number of piperazine rings is 1. The zero-order valence-corrected chi connectivity index (χ0v) is 12.7. The van der Waals surface area contributed by atoms with Gasteiger partial charge in [0.2, 0.25) is 0 Å². The average Bonchev–Trinajstić information content (AvgIpc) is 3.30. The predicted molar refractivity (Wildman–Crippen MR) is 83.0 cm³/mol. The highest BCUT2D eigenvalue weighted by Gasteiger charge is 2.23. The van der Waals surface area contributed by atoms with Gasteiger partial charge in [-0.25, -0.2) is 4.98 Å². The van der Waals surface area contributed by atoms with Crippen molar-refractivity contribution in [1.82, 2.24) is 15.2 Å². The Bertz CT molecular complexity index is 427. The Kier molecular flexibility index (Phi) is 4.22. The first-order valence-corrected chi connectivity index (χ1v) is 7.93. The highest BCUT2D eigenvalue weighted by Crippen LogP contribution is 2.20. The van der Waals surface area contributed by atoms with Crippen LogP contribution in [0.4, 0.5) is 5.82 Å². The molecule has 20 heavy (non-hydrogen) atoms. The lowest BCUT2D eigenvalue weighted by molar-refractivity contribution is 0.199. The van der Waals surface area contributed by atoms with Gasteiger partial charge >= 0.3 is 0 Å². The van der Waals surface area contributed by atoms with Gasteiger partial charge in [-0.2, -0.15) is 0 Å². The number of hydrogen-bond donors (Lipinski definition) is 1. The van der Waals surface area contributed by atoms with Crippen molar-refractivity contribution in [2.75, 3.05) is 31.1 Å². The highest BCUT2D eigenvalue weighted by atomic mass is 15.3. The van der Waals surface area contributed by atoms with Crippen LogP contribution in [0.15, 0.2) is 18.3 Å². The molecular formula is C16H26N4. The second-order valence-electron chi connectivity index (χ2n) is 6.10. The molecule has 2 heterocycles. The first-order valence-electron chi connectivity index (χ1n) is 7.93. The summed E-state index contributed by atoms with van der Waals surface area (Å²) in [7, 11) is 0. The van der Waals surface area contributed by atoms with Crippen LogP contribution < -0.4 is 10.2 Å². The number of rotatable bonds is 5. The maximum Gasteiger partial charge on any atom is 0.128 e. The van der Waals surface area contributed by atoms with Gasteiger partial charge in [0.15, 0.2) is 0 Å². The summed E-state index contributed by atoms with van der Waals surface area (Å²) < 4.78 is 0. The molecule has 1 aromatic heterocycles. The lowest BCUT2D eigenvalue weighted by Crippen LogP contribution is -2.51. The van der Waals surface area contributed by atoms with Crippen LogP contribution in [-0.4, -0.2) is 48.1 Å². The molecule has 0 radical (unpaired) electrons. The Balaban J connectivity index is 1.56. The third-order valence-corrected chi connectivity index (χ3v) is 4.48. The summed E-state index contributed by atoms with van der Waals surface area (Å²) in [5.41, 5.74) is 1.29. The minimum atomic E-state index is 0.617. The van der Waals surface area contributed by atoms with E-state index in [9.17, 15) is 0 Å². The molecule has 1 N–H and O–H groups in total. The van der Waals surface area contributed by atoms with Crippen molar-refractivity contribution < 1.29 is 0 Å².